The van der Waals surface area contributed by atoms with E-state index < -0.39 is 5.91 Å². The molecular formula is C17H14BrFN2O3. The van der Waals surface area contributed by atoms with Crippen molar-refractivity contribution in [2.24, 2.45) is 0 Å². The van der Waals surface area contributed by atoms with E-state index in [1.165, 1.54) is 24.3 Å². The lowest BCUT2D eigenvalue weighted by Gasteiger charge is -2.14. The molecule has 0 bridgehead atoms. The summed E-state index contributed by atoms with van der Waals surface area (Å²) in [5, 5.41) is 11.6. The minimum atomic E-state index is -0.402. The number of rotatable bonds is 6. The van der Waals surface area contributed by atoms with Gasteiger partial charge in [0.25, 0.3) is 5.91 Å². The minimum Gasteiger partial charge on any atom is -0.490 e. The number of ether oxygens (including phenoxy) is 2. The Kier molecular flexibility index (Phi) is 6.15. The van der Waals surface area contributed by atoms with Crippen LogP contribution in [0, 0.1) is 17.1 Å². The summed E-state index contributed by atoms with van der Waals surface area (Å²) in [5.41, 5.74) is 0.877. The Balaban J connectivity index is 2.06. The van der Waals surface area contributed by atoms with Crippen molar-refractivity contribution in [2.75, 3.05) is 18.5 Å². The highest BCUT2D eigenvalue weighted by Crippen LogP contribution is 2.36. The van der Waals surface area contributed by atoms with E-state index in [2.05, 4.69) is 21.2 Å². The summed E-state index contributed by atoms with van der Waals surface area (Å²) >= 11 is 3.30. The standard InChI is InChI=1S/C17H14BrFN2O3/c1-2-23-15-8-11(9-20)7-14(18)17(15)24-10-16(22)21-13-5-3-12(19)4-6-13/h3-8H,2,10H2,1H3,(H,21,22). The molecule has 2 aromatic rings. The molecule has 0 aromatic heterocycles. The maximum Gasteiger partial charge on any atom is 0.262 e. The van der Waals surface area contributed by atoms with Crippen LogP contribution in [0.2, 0.25) is 0 Å². The van der Waals surface area contributed by atoms with Gasteiger partial charge in [0.2, 0.25) is 0 Å². The Bertz CT molecular complexity index is 773. The molecule has 0 aliphatic carbocycles. The van der Waals surface area contributed by atoms with Gasteiger partial charge in [-0.3, -0.25) is 4.79 Å². The lowest BCUT2D eigenvalue weighted by Crippen LogP contribution is -2.20. The first-order chi connectivity index (χ1) is 11.5. The maximum absolute atomic E-state index is 12.8. The minimum absolute atomic E-state index is 0.262. The summed E-state index contributed by atoms with van der Waals surface area (Å²) in [6.45, 7) is 1.93. The highest BCUT2D eigenvalue weighted by Gasteiger charge is 2.14. The number of nitrogens with zero attached hydrogens (tertiary/aromatic N) is 1. The summed E-state index contributed by atoms with van der Waals surface area (Å²) in [5.74, 6) is -0.0736. The molecule has 0 saturated heterocycles. The van der Waals surface area contributed by atoms with E-state index in [-0.39, 0.29) is 12.4 Å². The number of nitrogens with one attached hydrogen (secondary N) is 1. The Labute approximate surface area is 147 Å². The van der Waals surface area contributed by atoms with E-state index in [1.807, 2.05) is 6.07 Å². The van der Waals surface area contributed by atoms with Crippen molar-refractivity contribution in [3.05, 3.63) is 52.3 Å². The Morgan fingerprint density at radius 3 is 2.62 bits per heavy atom. The smallest absolute Gasteiger partial charge is 0.262 e. The number of hydrogen-bond acceptors (Lipinski definition) is 4. The Morgan fingerprint density at radius 2 is 2.00 bits per heavy atom. The summed E-state index contributed by atoms with van der Waals surface area (Å²) < 4.78 is 24.3. The van der Waals surface area contributed by atoms with E-state index in [0.29, 0.717) is 33.8 Å². The first-order valence-electron chi connectivity index (χ1n) is 7.08. The van der Waals surface area contributed by atoms with Crippen molar-refractivity contribution < 1.29 is 18.7 Å². The molecule has 2 rings (SSSR count). The molecule has 0 unspecified atom stereocenters. The van der Waals surface area contributed by atoms with Crippen molar-refractivity contribution >= 4 is 27.5 Å². The molecule has 0 saturated carbocycles. The molecule has 0 heterocycles. The molecular weight excluding hydrogens is 379 g/mol. The number of hydrogen-bond donors (Lipinski definition) is 1. The van der Waals surface area contributed by atoms with E-state index in [0.717, 1.165) is 0 Å². The van der Waals surface area contributed by atoms with Gasteiger partial charge in [-0.1, -0.05) is 0 Å². The topological polar surface area (TPSA) is 71.3 Å². The van der Waals surface area contributed by atoms with E-state index in [1.54, 1.807) is 19.1 Å². The van der Waals surface area contributed by atoms with Gasteiger partial charge >= 0.3 is 0 Å². The number of carbonyl (C=O) groups is 1. The van der Waals surface area contributed by atoms with E-state index >= 15 is 0 Å². The number of nitriles is 1. The lowest BCUT2D eigenvalue weighted by molar-refractivity contribution is -0.118. The van der Waals surface area contributed by atoms with Gasteiger partial charge in [0.1, 0.15) is 5.82 Å². The van der Waals surface area contributed by atoms with Crippen LogP contribution in [0.15, 0.2) is 40.9 Å². The van der Waals surface area contributed by atoms with E-state index in [9.17, 15) is 9.18 Å². The quantitative estimate of drug-likeness (QED) is 0.809. The van der Waals surface area contributed by atoms with Gasteiger partial charge in [-0.2, -0.15) is 5.26 Å². The van der Waals surface area contributed by atoms with Gasteiger partial charge in [-0.15, -0.1) is 0 Å². The molecule has 0 fully saturated rings. The molecule has 0 aliphatic rings. The van der Waals surface area contributed by atoms with Crippen LogP contribution in [0.1, 0.15) is 12.5 Å². The largest absolute Gasteiger partial charge is 0.490 e. The number of halogens is 2. The maximum atomic E-state index is 12.8. The average Bonchev–Trinajstić information content (AvgIpc) is 2.56. The zero-order chi connectivity index (χ0) is 17.5. The monoisotopic (exact) mass is 392 g/mol. The summed E-state index contributed by atoms with van der Waals surface area (Å²) in [4.78, 5) is 11.9. The van der Waals surface area contributed by atoms with Crippen LogP contribution in [0.5, 0.6) is 11.5 Å². The summed E-state index contributed by atoms with van der Waals surface area (Å²) in [7, 11) is 0. The fourth-order valence-corrected chi connectivity index (χ4v) is 2.46. The second-order valence-corrected chi connectivity index (χ2v) is 5.53. The normalized spacial score (nSPS) is 9.92. The highest BCUT2D eigenvalue weighted by atomic mass is 79.9. The van der Waals surface area contributed by atoms with Gasteiger partial charge < -0.3 is 14.8 Å². The second kappa shape index (κ2) is 8.31. The third-order valence-electron chi connectivity index (χ3n) is 2.91. The third kappa shape index (κ3) is 4.70. The van der Waals surface area contributed by atoms with Crippen LogP contribution < -0.4 is 14.8 Å². The molecule has 1 N–H and O–H groups in total. The molecule has 1 amide bonds. The van der Waals surface area contributed by atoms with Gasteiger partial charge in [0, 0.05) is 11.8 Å². The molecule has 124 valence electrons. The summed E-state index contributed by atoms with van der Waals surface area (Å²) in [6, 6.07) is 10.6. The number of amides is 1. The fourth-order valence-electron chi connectivity index (χ4n) is 1.90. The molecule has 24 heavy (non-hydrogen) atoms. The van der Waals surface area contributed by atoms with Crippen molar-refractivity contribution in [1.82, 2.24) is 0 Å². The van der Waals surface area contributed by atoms with Crippen LogP contribution in [0.25, 0.3) is 0 Å². The van der Waals surface area contributed by atoms with Crippen LogP contribution in [0.4, 0.5) is 10.1 Å². The van der Waals surface area contributed by atoms with Crippen molar-refractivity contribution in [3.63, 3.8) is 0 Å². The zero-order valence-electron chi connectivity index (χ0n) is 12.8. The molecule has 0 aliphatic heterocycles. The predicted molar refractivity (Wildman–Crippen MR) is 90.6 cm³/mol. The van der Waals surface area contributed by atoms with Gasteiger partial charge in [0.15, 0.2) is 18.1 Å². The molecule has 7 heteroatoms. The zero-order valence-corrected chi connectivity index (χ0v) is 14.4. The molecule has 0 atom stereocenters. The van der Waals surface area contributed by atoms with E-state index in [4.69, 9.17) is 14.7 Å². The van der Waals surface area contributed by atoms with Gasteiger partial charge in [-0.05, 0) is 53.2 Å². The lowest BCUT2D eigenvalue weighted by atomic mass is 10.2. The Hall–Kier alpha value is -2.59. The number of anilines is 1. The Morgan fingerprint density at radius 1 is 1.29 bits per heavy atom. The van der Waals surface area contributed by atoms with Crippen LogP contribution in [0.3, 0.4) is 0 Å². The van der Waals surface area contributed by atoms with Gasteiger partial charge in [0.05, 0.1) is 22.7 Å². The van der Waals surface area contributed by atoms with Crippen LogP contribution in [-0.4, -0.2) is 19.1 Å². The SMILES string of the molecule is CCOc1cc(C#N)cc(Br)c1OCC(=O)Nc1ccc(F)cc1. The summed E-state index contributed by atoms with van der Waals surface area (Å²) in [6.07, 6.45) is 0. The molecule has 0 spiro atoms. The first kappa shape index (κ1) is 17.8. The molecule has 0 radical (unpaired) electrons. The van der Waals surface area contributed by atoms with Crippen molar-refractivity contribution in [1.29, 1.82) is 5.26 Å². The molecule has 2 aromatic carbocycles. The van der Waals surface area contributed by atoms with Crippen LogP contribution >= 0.6 is 15.9 Å². The first-order valence-corrected chi connectivity index (χ1v) is 7.87. The highest BCUT2D eigenvalue weighted by molar-refractivity contribution is 9.10. The number of carbonyl (C=O) groups excluding carboxylic acids is 1. The van der Waals surface area contributed by atoms with Crippen molar-refractivity contribution in [3.8, 4) is 17.6 Å². The van der Waals surface area contributed by atoms with Gasteiger partial charge in [-0.25, -0.2) is 4.39 Å². The predicted octanol–water partition coefficient (Wildman–Crippen LogP) is 3.88. The number of benzene rings is 2. The molecule has 5 nitrogen and oxygen atoms in total. The average molecular weight is 393 g/mol. The van der Waals surface area contributed by atoms with Crippen molar-refractivity contribution in [2.45, 2.75) is 6.92 Å². The third-order valence-corrected chi connectivity index (χ3v) is 3.50. The second-order valence-electron chi connectivity index (χ2n) is 4.67. The van der Waals surface area contributed by atoms with Crippen LogP contribution in [-0.2, 0) is 4.79 Å². The fraction of sp³-hybridized carbons (Fsp3) is 0.176.